The van der Waals surface area contributed by atoms with Gasteiger partial charge in [-0.15, -0.1) is 0 Å². The number of nitro groups is 1. The van der Waals surface area contributed by atoms with Gasteiger partial charge in [-0.2, -0.15) is 0 Å². The number of ketones is 1. The number of carbonyl (C=O) groups excluding carboxylic acids is 1. The third-order valence-corrected chi connectivity index (χ3v) is 2.34. The molecule has 0 fully saturated rings. The van der Waals surface area contributed by atoms with Crippen LogP contribution < -0.4 is 0 Å². The number of benzene rings is 1. The average Bonchev–Trinajstić information content (AvgIpc) is 2.90. The summed E-state index contributed by atoms with van der Waals surface area (Å²) in [7, 11) is 0. The lowest BCUT2D eigenvalue weighted by Gasteiger charge is -1.93. The van der Waals surface area contributed by atoms with E-state index in [0.717, 1.165) is 5.56 Å². The molecule has 0 aliphatic rings. The van der Waals surface area contributed by atoms with Gasteiger partial charge in [-0.25, -0.2) is 0 Å². The molecule has 18 heavy (non-hydrogen) atoms. The number of rotatable bonds is 4. The van der Waals surface area contributed by atoms with Gasteiger partial charge < -0.3 is 4.42 Å². The van der Waals surface area contributed by atoms with Gasteiger partial charge in [0.1, 0.15) is 6.26 Å². The van der Waals surface area contributed by atoms with Crippen LogP contribution in [0.2, 0.25) is 0 Å². The lowest BCUT2D eigenvalue weighted by molar-refractivity contribution is -0.384. The van der Waals surface area contributed by atoms with Crippen LogP contribution in [-0.2, 0) is 0 Å². The van der Waals surface area contributed by atoms with E-state index in [-0.39, 0.29) is 11.5 Å². The lowest BCUT2D eigenvalue weighted by Crippen LogP contribution is -1.90. The quantitative estimate of drug-likeness (QED) is 0.358. The van der Waals surface area contributed by atoms with Crippen LogP contribution in [0.1, 0.15) is 15.9 Å². The van der Waals surface area contributed by atoms with E-state index in [2.05, 4.69) is 0 Å². The minimum atomic E-state index is -0.468. The highest BCUT2D eigenvalue weighted by Crippen LogP contribution is 2.13. The second-order valence-corrected chi connectivity index (χ2v) is 3.56. The zero-order chi connectivity index (χ0) is 13.0. The van der Waals surface area contributed by atoms with Crippen LogP contribution in [0.5, 0.6) is 0 Å². The second kappa shape index (κ2) is 5.09. The Bertz CT molecular complexity index is 582. The molecule has 0 bridgehead atoms. The molecule has 0 saturated heterocycles. The predicted octanol–water partition coefficient (Wildman–Crippen LogP) is 3.08. The maximum Gasteiger partial charge on any atom is 0.269 e. The zero-order valence-corrected chi connectivity index (χ0v) is 9.28. The first-order valence-electron chi connectivity index (χ1n) is 5.16. The molecule has 0 unspecified atom stereocenters. The Morgan fingerprint density at radius 3 is 2.50 bits per heavy atom. The van der Waals surface area contributed by atoms with Crippen LogP contribution in [0.15, 0.2) is 53.4 Å². The van der Waals surface area contributed by atoms with Crippen LogP contribution in [0.25, 0.3) is 6.08 Å². The number of hydrogen-bond acceptors (Lipinski definition) is 4. The number of nitro benzene ring substituents is 1. The Balaban J connectivity index is 2.09. The van der Waals surface area contributed by atoms with Crippen LogP contribution >= 0.6 is 0 Å². The summed E-state index contributed by atoms with van der Waals surface area (Å²) in [6.07, 6.45) is 5.78. The fraction of sp³-hybridized carbons (Fsp3) is 0. The van der Waals surface area contributed by atoms with Crippen molar-refractivity contribution in [1.29, 1.82) is 0 Å². The standard InChI is InChI=1S/C13H9NO4/c15-13(11-7-8-18-9-11)6-3-10-1-4-12(5-2-10)14(16)17/h1-9H. The van der Waals surface area contributed by atoms with Crippen molar-refractivity contribution in [2.45, 2.75) is 0 Å². The Morgan fingerprint density at radius 1 is 1.22 bits per heavy atom. The highest BCUT2D eigenvalue weighted by atomic mass is 16.6. The van der Waals surface area contributed by atoms with Gasteiger partial charge in [0.05, 0.1) is 16.7 Å². The van der Waals surface area contributed by atoms with E-state index in [1.165, 1.54) is 30.7 Å². The van der Waals surface area contributed by atoms with Gasteiger partial charge in [-0.05, 0) is 29.8 Å². The second-order valence-electron chi connectivity index (χ2n) is 3.56. The summed E-state index contributed by atoms with van der Waals surface area (Å²) in [5.74, 6) is -0.179. The van der Waals surface area contributed by atoms with Gasteiger partial charge in [-0.3, -0.25) is 14.9 Å². The molecule has 5 nitrogen and oxygen atoms in total. The minimum Gasteiger partial charge on any atom is -0.472 e. The molecule has 5 heteroatoms. The van der Waals surface area contributed by atoms with Crippen molar-refractivity contribution in [2.24, 2.45) is 0 Å². The van der Waals surface area contributed by atoms with Gasteiger partial charge in [0.25, 0.3) is 5.69 Å². The summed E-state index contributed by atoms with van der Waals surface area (Å²) in [6, 6.07) is 7.51. The highest BCUT2D eigenvalue weighted by Gasteiger charge is 2.04. The van der Waals surface area contributed by atoms with E-state index in [4.69, 9.17) is 4.42 Å². The molecule has 0 saturated carbocycles. The SMILES string of the molecule is O=C(C=Cc1ccc([N+](=O)[O-])cc1)c1ccoc1. The van der Waals surface area contributed by atoms with Gasteiger partial charge in [0, 0.05) is 12.1 Å². The third-order valence-electron chi connectivity index (χ3n) is 2.34. The van der Waals surface area contributed by atoms with Gasteiger partial charge in [0.15, 0.2) is 5.78 Å². The Morgan fingerprint density at radius 2 is 1.94 bits per heavy atom. The number of allylic oxidation sites excluding steroid dienone is 1. The molecule has 0 amide bonds. The third kappa shape index (κ3) is 2.70. The molecule has 1 heterocycles. The molecule has 0 spiro atoms. The fourth-order valence-electron chi connectivity index (χ4n) is 1.38. The molecule has 1 aromatic carbocycles. The molecule has 0 radical (unpaired) electrons. The van der Waals surface area contributed by atoms with Crippen molar-refractivity contribution in [3.05, 3.63) is 70.2 Å². The van der Waals surface area contributed by atoms with E-state index < -0.39 is 4.92 Å². The summed E-state index contributed by atoms with van der Waals surface area (Å²) in [4.78, 5) is 21.6. The molecule has 0 atom stereocenters. The van der Waals surface area contributed by atoms with Crippen LogP contribution in [0.4, 0.5) is 5.69 Å². The van der Waals surface area contributed by atoms with E-state index >= 15 is 0 Å². The first-order chi connectivity index (χ1) is 8.66. The summed E-state index contributed by atoms with van der Waals surface area (Å²) < 4.78 is 4.80. The van der Waals surface area contributed by atoms with E-state index in [0.29, 0.717) is 5.56 Å². The maximum atomic E-state index is 11.6. The van der Waals surface area contributed by atoms with Crippen molar-refractivity contribution in [1.82, 2.24) is 0 Å². The number of carbonyl (C=O) groups is 1. The molecular weight excluding hydrogens is 234 g/mol. The van der Waals surface area contributed by atoms with Crippen molar-refractivity contribution in [3.63, 3.8) is 0 Å². The maximum absolute atomic E-state index is 11.6. The monoisotopic (exact) mass is 243 g/mol. The first-order valence-corrected chi connectivity index (χ1v) is 5.16. The number of furan rings is 1. The lowest BCUT2D eigenvalue weighted by atomic mass is 10.1. The van der Waals surface area contributed by atoms with E-state index in [1.54, 1.807) is 24.3 Å². The molecule has 0 aliphatic heterocycles. The largest absolute Gasteiger partial charge is 0.472 e. The predicted molar refractivity (Wildman–Crippen MR) is 65.2 cm³/mol. The highest BCUT2D eigenvalue weighted by molar-refractivity contribution is 6.06. The fourth-order valence-corrected chi connectivity index (χ4v) is 1.38. The Kier molecular flexibility index (Phi) is 3.33. The van der Waals surface area contributed by atoms with Crippen LogP contribution in [0, 0.1) is 10.1 Å². The van der Waals surface area contributed by atoms with Crippen molar-refractivity contribution in [2.75, 3.05) is 0 Å². The number of hydrogen-bond donors (Lipinski definition) is 0. The van der Waals surface area contributed by atoms with Crippen LogP contribution in [-0.4, -0.2) is 10.7 Å². The number of nitrogens with zero attached hydrogens (tertiary/aromatic N) is 1. The molecule has 2 aromatic rings. The number of non-ortho nitro benzene ring substituents is 1. The smallest absolute Gasteiger partial charge is 0.269 e. The zero-order valence-electron chi connectivity index (χ0n) is 9.28. The molecular formula is C13H9NO4. The summed E-state index contributed by atoms with van der Waals surface area (Å²) in [5, 5.41) is 10.5. The Labute approximate surface area is 103 Å². The summed E-state index contributed by atoms with van der Waals surface area (Å²) in [5.41, 5.74) is 1.21. The topological polar surface area (TPSA) is 73.3 Å². The normalized spacial score (nSPS) is 10.7. The van der Waals surface area contributed by atoms with E-state index in [1.807, 2.05) is 0 Å². The van der Waals surface area contributed by atoms with Crippen molar-refractivity contribution < 1.29 is 14.1 Å². The van der Waals surface area contributed by atoms with Gasteiger partial charge in [0.2, 0.25) is 0 Å². The minimum absolute atomic E-state index is 0.0216. The molecule has 1 aromatic heterocycles. The van der Waals surface area contributed by atoms with Crippen molar-refractivity contribution >= 4 is 17.5 Å². The first kappa shape index (κ1) is 11.8. The van der Waals surface area contributed by atoms with Crippen molar-refractivity contribution in [3.8, 4) is 0 Å². The molecule has 2 rings (SSSR count). The van der Waals surface area contributed by atoms with Gasteiger partial charge >= 0.3 is 0 Å². The summed E-state index contributed by atoms with van der Waals surface area (Å²) in [6.45, 7) is 0. The summed E-state index contributed by atoms with van der Waals surface area (Å²) >= 11 is 0. The molecule has 0 aliphatic carbocycles. The Hall–Kier alpha value is -2.69. The average molecular weight is 243 g/mol. The van der Waals surface area contributed by atoms with Crippen LogP contribution in [0.3, 0.4) is 0 Å². The molecule has 90 valence electrons. The molecule has 0 N–H and O–H groups in total. The van der Waals surface area contributed by atoms with Gasteiger partial charge in [-0.1, -0.05) is 6.08 Å². The van der Waals surface area contributed by atoms with E-state index in [9.17, 15) is 14.9 Å².